The van der Waals surface area contributed by atoms with E-state index in [0.29, 0.717) is 17.9 Å². The van der Waals surface area contributed by atoms with Crippen molar-refractivity contribution in [3.63, 3.8) is 0 Å². The quantitative estimate of drug-likeness (QED) is 0.666. The molecule has 1 saturated heterocycles. The number of aryl methyl sites for hydroxylation is 1. The molecule has 0 spiro atoms. The summed E-state index contributed by atoms with van der Waals surface area (Å²) in [7, 11) is 2.10. The first-order valence-corrected chi connectivity index (χ1v) is 9.70. The number of hydrogen-bond acceptors (Lipinski definition) is 4. The zero-order valence-corrected chi connectivity index (χ0v) is 16.6. The second-order valence-corrected chi connectivity index (χ2v) is 7.72. The van der Waals surface area contributed by atoms with Gasteiger partial charge in [-0.1, -0.05) is 0 Å². The van der Waals surface area contributed by atoms with Crippen molar-refractivity contribution in [2.45, 2.75) is 38.8 Å². The highest BCUT2D eigenvalue weighted by molar-refractivity contribution is 5.91. The summed E-state index contributed by atoms with van der Waals surface area (Å²) in [6.45, 7) is 3.74. The molecule has 0 aliphatic carbocycles. The molecule has 1 unspecified atom stereocenters. The number of likely N-dealkylation sites (tertiary alicyclic amines) is 1. The van der Waals surface area contributed by atoms with E-state index in [9.17, 15) is 18.0 Å². The van der Waals surface area contributed by atoms with Crippen LogP contribution in [0.4, 0.5) is 13.2 Å². The van der Waals surface area contributed by atoms with Crippen molar-refractivity contribution >= 4 is 12.0 Å². The van der Waals surface area contributed by atoms with Gasteiger partial charge in [0.15, 0.2) is 11.6 Å². The molecule has 1 aliphatic heterocycles. The molecule has 8 heteroatoms. The summed E-state index contributed by atoms with van der Waals surface area (Å²) in [5.74, 6) is 0.736. The molecule has 1 aromatic heterocycles. The second-order valence-electron chi connectivity index (χ2n) is 7.72. The van der Waals surface area contributed by atoms with Crippen LogP contribution in [0.2, 0.25) is 0 Å². The van der Waals surface area contributed by atoms with Gasteiger partial charge in [-0.05, 0) is 75.5 Å². The van der Waals surface area contributed by atoms with Gasteiger partial charge in [0.05, 0.1) is 5.56 Å². The molecule has 5 nitrogen and oxygen atoms in total. The molecule has 156 valence electrons. The molecule has 2 heterocycles. The normalized spacial score (nSPS) is 18.4. The fraction of sp³-hybridized carbons (Fsp3) is 0.476. The number of piperidine rings is 1. The van der Waals surface area contributed by atoms with Crippen molar-refractivity contribution in [1.82, 2.24) is 19.7 Å². The number of hydrogen-bond donors (Lipinski definition) is 0. The lowest BCUT2D eigenvalue weighted by atomic mass is 9.93. The van der Waals surface area contributed by atoms with Gasteiger partial charge in [-0.3, -0.25) is 4.79 Å². The van der Waals surface area contributed by atoms with E-state index in [4.69, 9.17) is 0 Å². The summed E-state index contributed by atoms with van der Waals surface area (Å²) < 4.78 is 40.4. The van der Waals surface area contributed by atoms with Crippen molar-refractivity contribution in [2.75, 3.05) is 20.1 Å². The minimum atomic E-state index is -4.43. The Morgan fingerprint density at radius 1 is 1.31 bits per heavy atom. The average molecular weight is 406 g/mol. The maximum Gasteiger partial charge on any atom is 0.416 e. The Labute approximate surface area is 168 Å². The summed E-state index contributed by atoms with van der Waals surface area (Å²) in [4.78, 5) is 18.5. The van der Waals surface area contributed by atoms with Crippen LogP contribution in [0.5, 0.6) is 0 Å². The average Bonchev–Trinajstić information content (AvgIpc) is 3.13. The van der Waals surface area contributed by atoms with Crippen LogP contribution in [0.1, 0.15) is 36.8 Å². The van der Waals surface area contributed by atoms with E-state index >= 15 is 0 Å². The van der Waals surface area contributed by atoms with E-state index in [1.165, 1.54) is 29.7 Å². The van der Waals surface area contributed by atoms with Crippen LogP contribution in [-0.4, -0.2) is 45.6 Å². The van der Waals surface area contributed by atoms with Gasteiger partial charge in [0.25, 0.3) is 0 Å². The fourth-order valence-electron chi connectivity index (χ4n) is 3.65. The van der Waals surface area contributed by atoms with Crippen LogP contribution in [-0.2, 0) is 11.0 Å². The Hall–Kier alpha value is -2.48. The van der Waals surface area contributed by atoms with Crippen LogP contribution >= 0.6 is 0 Å². The van der Waals surface area contributed by atoms with E-state index in [1.807, 2.05) is 0 Å². The largest absolute Gasteiger partial charge is 0.416 e. The lowest BCUT2D eigenvalue weighted by Crippen LogP contribution is -2.32. The third-order valence-electron chi connectivity index (χ3n) is 5.11. The second kappa shape index (κ2) is 8.90. The number of carbonyl (C=O) groups is 1. The van der Waals surface area contributed by atoms with E-state index in [2.05, 4.69) is 22.0 Å². The molecule has 1 atom stereocenters. The molecule has 1 aromatic carbocycles. The molecule has 0 amide bonds. The van der Waals surface area contributed by atoms with Crippen LogP contribution in [0.3, 0.4) is 0 Å². The first-order chi connectivity index (χ1) is 13.7. The molecule has 0 radical (unpaired) electrons. The SMILES string of the molecule is Cc1cc(-c2ncn(/C=C\C(=O)CCC3CCCN(C)C3)n2)cc(C(F)(F)F)c1. The van der Waals surface area contributed by atoms with Gasteiger partial charge in [0.2, 0.25) is 0 Å². The molecule has 0 saturated carbocycles. The summed E-state index contributed by atoms with van der Waals surface area (Å²) in [5, 5.41) is 4.17. The van der Waals surface area contributed by atoms with Crippen LogP contribution in [0.15, 0.2) is 30.6 Å². The van der Waals surface area contributed by atoms with Gasteiger partial charge in [-0.15, -0.1) is 5.10 Å². The standard InChI is InChI=1S/C21H25F3N4O/c1-15-10-17(12-18(11-15)21(22,23)24)20-25-14-28(26-20)9-7-19(29)6-5-16-4-3-8-27(2)13-16/h7,9-12,14,16H,3-6,8,13H2,1-2H3/b9-7-. The Kier molecular flexibility index (Phi) is 6.52. The molecule has 0 N–H and O–H groups in total. The molecular weight excluding hydrogens is 381 g/mol. The zero-order valence-electron chi connectivity index (χ0n) is 16.6. The third-order valence-corrected chi connectivity index (χ3v) is 5.11. The maximum atomic E-state index is 13.0. The van der Waals surface area contributed by atoms with E-state index in [0.717, 1.165) is 38.1 Å². The predicted octanol–water partition coefficient (Wildman–Crippen LogP) is 4.43. The monoisotopic (exact) mass is 406 g/mol. The lowest BCUT2D eigenvalue weighted by molar-refractivity contribution is -0.137. The van der Waals surface area contributed by atoms with Crippen molar-refractivity contribution in [1.29, 1.82) is 0 Å². The number of aromatic nitrogens is 3. The molecular formula is C21H25F3N4O. The number of ketones is 1. The van der Waals surface area contributed by atoms with Gasteiger partial charge in [0, 0.05) is 24.7 Å². The smallest absolute Gasteiger partial charge is 0.306 e. The first-order valence-electron chi connectivity index (χ1n) is 9.70. The molecule has 3 rings (SSSR count). The summed E-state index contributed by atoms with van der Waals surface area (Å²) >= 11 is 0. The van der Waals surface area contributed by atoms with Crippen molar-refractivity contribution < 1.29 is 18.0 Å². The van der Waals surface area contributed by atoms with Gasteiger partial charge in [0.1, 0.15) is 6.33 Å². The van der Waals surface area contributed by atoms with Gasteiger partial charge < -0.3 is 4.90 Å². The molecule has 0 bridgehead atoms. The van der Waals surface area contributed by atoms with Crippen molar-refractivity contribution in [3.8, 4) is 11.4 Å². The van der Waals surface area contributed by atoms with Gasteiger partial charge in [-0.25, -0.2) is 9.67 Å². The first kappa shape index (κ1) is 21.2. The highest BCUT2D eigenvalue weighted by Crippen LogP contribution is 2.32. The van der Waals surface area contributed by atoms with Crippen molar-refractivity contribution in [3.05, 3.63) is 41.7 Å². The van der Waals surface area contributed by atoms with Gasteiger partial charge in [-0.2, -0.15) is 13.2 Å². The summed E-state index contributed by atoms with van der Waals surface area (Å²) in [6, 6.07) is 3.72. The van der Waals surface area contributed by atoms with E-state index in [1.54, 1.807) is 13.0 Å². The molecule has 1 aliphatic rings. The number of carbonyl (C=O) groups excluding carboxylic acids is 1. The Bertz CT molecular complexity index is 888. The van der Waals surface area contributed by atoms with Crippen LogP contribution < -0.4 is 0 Å². The number of alkyl halides is 3. The van der Waals surface area contributed by atoms with Crippen molar-refractivity contribution in [2.24, 2.45) is 5.92 Å². The topological polar surface area (TPSA) is 51.0 Å². The number of halogens is 3. The fourth-order valence-corrected chi connectivity index (χ4v) is 3.65. The summed E-state index contributed by atoms with van der Waals surface area (Å²) in [6.07, 6.45) is 3.55. The number of allylic oxidation sites excluding steroid dienone is 1. The van der Waals surface area contributed by atoms with Crippen LogP contribution in [0.25, 0.3) is 17.6 Å². The highest BCUT2D eigenvalue weighted by atomic mass is 19.4. The molecule has 29 heavy (non-hydrogen) atoms. The lowest BCUT2D eigenvalue weighted by Gasteiger charge is -2.29. The number of nitrogens with zero attached hydrogens (tertiary/aromatic N) is 4. The zero-order chi connectivity index (χ0) is 21.0. The Morgan fingerprint density at radius 3 is 2.83 bits per heavy atom. The Balaban J connectivity index is 1.61. The number of benzene rings is 1. The minimum Gasteiger partial charge on any atom is -0.306 e. The highest BCUT2D eigenvalue weighted by Gasteiger charge is 2.31. The minimum absolute atomic E-state index is 0.00481. The Morgan fingerprint density at radius 2 is 2.10 bits per heavy atom. The predicted molar refractivity (Wildman–Crippen MR) is 105 cm³/mol. The van der Waals surface area contributed by atoms with Crippen LogP contribution in [0, 0.1) is 12.8 Å². The summed E-state index contributed by atoms with van der Waals surface area (Å²) in [5.41, 5.74) is 0.0328. The third kappa shape index (κ3) is 6.00. The maximum absolute atomic E-state index is 13.0. The molecule has 2 aromatic rings. The number of rotatable bonds is 6. The van der Waals surface area contributed by atoms with Gasteiger partial charge >= 0.3 is 6.18 Å². The van der Waals surface area contributed by atoms with E-state index < -0.39 is 11.7 Å². The molecule has 1 fully saturated rings. The van der Waals surface area contributed by atoms with E-state index in [-0.39, 0.29) is 17.2 Å².